The molecule has 4 nitrogen and oxygen atoms in total. The summed E-state index contributed by atoms with van der Waals surface area (Å²) in [7, 11) is 1.37. The molecular weight excluding hydrogens is 170 g/mol. The second-order valence-corrected chi connectivity index (χ2v) is 3.47. The standard InChI is InChI=1S/C9H19NO3/c1-9(2,8(12)13-3)10-6-4-5-7-11/h10-11H,4-7H2,1-3H3. The molecule has 0 saturated heterocycles. The van der Waals surface area contributed by atoms with Crippen LogP contribution in [0.4, 0.5) is 0 Å². The van der Waals surface area contributed by atoms with Crippen molar-refractivity contribution in [2.45, 2.75) is 32.2 Å². The molecule has 0 bridgehead atoms. The van der Waals surface area contributed by atoms with Gasteiger partial charge in [-0.3, -0.25) is 4.79 Å². The Morgan fingerprint density at radius 1 is 1.46 bits per heavy atom. The Hall–Kier alpha value is -0.610. The van der Waals surface area contributed by atoms with Crippen LogP contribution in [-0.4, -0.2) is 36.9 Å². The van der Waals surface area contributed by atoms with Crippen LogP contribution in [0.25, 0.3) is 0 Å². The lowest BCUT2D eigenvalue weighted by Crippen LogP contribution is -2.47. The van der Waals surface area contributed by atoms with Gasteiger partial charge in [-0.1, -0.05) is 0 Å². The largest absolute Gasteiger partial charge is 0.468 e. The van der Waals surface area contributed by atoms with E-state index in [1.807, 2.05) is 0 Å². The van der Waals surface area contributed by atoms with Gasteiger partial charge in [0.1, 0.15) is 5.54 Å². The summed E-state index contributed by atoms with van der Waals surface area (Å²) in [5.41, 5.74) is -0.635. The minimum absolute atomic E-state index is 0.195. The van der Waals surface area contributed by atoms with E-state index in [2.05, 4.69) is 10.1 Å². The summed E-state index contributed by atoms with van der Waals surface area (Å²) in [5, 5.41) is 11.6. The van der Waals surface area contributed by atoms with Gasteiger partial charge < -0.3 is 15.2 Å². The van der Waals surface area contributed by atoms with Crippen molar-refractivity contribution in [3.05, 3.63) is 0 Å². The zero-order valence-electron chi connectivity index (χ0n) is 8.59. The molecule has 0 aliphatic rings. The van der Waals surface area contributed by atoms with Crippen LogP contribution in [-0.2, 0) is 9.53 Å². The van der Waals surface area contributed by atoms with Crippen molar-refractivity contribution in [3.63, 3.8) is 0 Å². The number of unbranched alkanes of at least 4 members (excludes halogenated alkanes) is 1. The van der Waals surface area contributed by atoms with Crippen molar-refractivity contribution in [1.82, 2.24) is 5.32 Å². The fourth-order valence-corrected chi connectivity index (χ4v) is 0.965. The molecule has 0 aliphatic heterocycles. The number of aliphatic hydroxyl groups is 1. The van der Waals surface area contributed by atoms with Crippen molar-refractivity contribution in [3.8, 4) is 0 Å². The van der Waals surface area contributed by atoms with Crippen molar-refractivity contribution >= 4 is 5.97 Å². The molecule has 0 aliphatic carbocycles. The SMILES string of the molecule is COC(=O)C(C)(C)NCCCCO. The molecule has 0 heterocycles. The number of ether oxygens (including phenoxy) is 1. The molecule has 0 spiro atoms. The van der Waals surface area contributed by atoms with Gasteiger partial charge in [-0.25, -0.2) is 0 Å². The molecule has 0 aromatic heterocycles. The van der Waals surface area contributed by atoms with E-state index in [1.165, 1.54) is 7.11 Å². The van der Waals surface area contributed by atoms with E-state index in [9.17, 15) is 4.79 Å². The van der Waals surface area contributed by atoms with Crippen LogP contribution in [0.1, 0.15) is 26.7 Å². The molecule has 0 fully saturated rings. The number of esters is 1. The van der Waals surface area contributed by atoms with Crippen LogP contribution < -0.4 is 5.32 Å². The topological polar surface area (TPSA) is 58.6 Å². The predicted octanol–water partition coefficient (Wildman–Crippen LogP) is 0.300. The first-order chi connectivity index (χ1) is 6.04. The maximum absolute atomic E-state index is 11.2. The number of aliphatic hydroxyl groups excluding tert-OH is 1. The van der Waals surface area contributed by atoms with Gasteiger partial charge in [0.15, 0.2) is 0 Å². The number of carbonyl (C=O) groups is 1. The first kappa shape index (κ1) is 12.4. The highest BCUT2D eigenvalue weighted by Gasteiger charge is 2.27. The highest BCUT2D eigenvalue weighted by molar-refractivity contribution is 5.79. The summed E-state index contributed by atoms with van der Waals surface area (Å²) in [5.74, 6) is -0.267. The Kier molecular flexibility index (Phi) is 5.66. The second-order valence-electron chi connectivity index (χ2n) is 3.47. The zero-order chi connectivity index (χ0) is 10.3. The Morgan fingerprint density at radius 2 is 2.08 bits per heavy atom. The highest BCUT2D eigenvalue weighted by Crippen LogP contribution is 2.04. The Labute approximate surface area is 79.3 Å². The average molecular weight is 189 g/mol. The fraction of sp³-hybridized carbons (Fsp3) is 0.889. The number of carbonyl (C=O) groups excluding carboxylic acids is 1. The van der Waals surface area contributed by atoms with E-state index < -0.39 is 5.54 Å². The summed E-state index contributed by atoms with van der Waals surface area (Å²) in [6.45, 7) is 4.46. The minimum Gasteiger partial charge on any atom is -0.468 e. The fourth-order valence-electron chi connectivity index (χ4n) is 0.965. The summed E-state index contributed by atoms with van der Waals surface area (Å²) < 4.78 is 4.62. The minimum atomic E-state index is -0.635. The molecule has 0 saturated carbocycles. The first-order valence-electron chi connectivity index (χ1n) is 4.49. The predicted molar refractivity (Wildman–Crippen MR) is 50.4 cm³/mol. The van der Waals surface area contributed by atoms with E-state index in [1.54, 1.807) is 13.8 Å². The number of hydrogen-bond acceptors (Lipinski definition) is 4. The molecule has 78 valence electrons. The van der Waals surface area contributed by atoms with Crippen molar-refractivity contribution in [1.29, 1.82) is 0 Å². The molecule has 0 radical (unpaired) electrons. The molecule has 0 unspecified atom stereocenters. The summed E-state index contributed by atoms with van der Waals surface area (Å²) >= 11 is 0. The third-order valence-corrected chi connectivity index (χ3v) is 1.85. The summed E-state index contributed by atoms with van der Waals surface area (Å²) in [6, 6.07) is 0. The quantitative estimate of drug-likeness (QED) is 0.466. The molecule has 0 amide bonds. The maximum Gasteiger partial charge on any atom is 0.325 e. The molecule has 0 aromatic rings. The lowest BCUT2D eigenvalue weighted by Gasteiger charge is -2.22. The van der Waals surface area contributed by atoms with Gasteiger partial charge in [-0.15, -0.1) is 0 Å². The van der Waals surface area contributed by atoms with Crippen LogP contribution in [0.3, 0.4) is 0 Å². The molecule has 0 aromatic carbocycles. The molecular formula is C9H19NO3. The van der Waals surface area contributed by atoms with Gasteiger partial charge in [0, 0.05) is 6.61 Å². The van der Waals surface area contributed by atoms with Crippen molar-refractivity contribution in [2.24, 2.45) is 0 Å². The number of hydrogen-bond donors (Lipinski definition) is 2. The van der Waals surface area contributed by atoms with Gasteiger partial charge in [-0.2, -0.15) is 0 Å². The van der Waals surface area contributed by atoms with E-state index in [4.69, 9.17) is 5.11 Å². The zero-order valence-corrected chi connectivity index (χ0v) is 8.59. The summed E-state index contributed by atoms with van der Waals surface area (Å²) in [6.07, 6.45) is 1.61. The Morgan fingerprint density at radius 3 is 2.54 bits per heavy atom. The number of methoxy groups -OCH3 is 1. The Balaban J connectivity index is 3.69. The first-order valence-corrected chi connectivity index (χ1v) is 4.49. The van der Waals surface area contributed by atoms with Crippen LogP contribution in [0.5, 0.6) is 0 Å². The van der Waals surface area contributed by atoms with Crippen LogP contribution >= 0.6 is 0 Å². The molecule has 0 atom stereocenters. The normalized spacial score (nSPS) is 11.4. The lowest BCUT2D eigenvalue weighted by atomic mass is 10.1. The molecule has 0 rings (SSSR count). The highest BCUT2D eigenvalue weighted by atomic mass is 16.5. The molecule has 13 heavy (non-hydrogen) atoms. The third-order valence-electron chi connectivity index (χ3n) is 1.85. The van der Waals surface area contributed by atoms with E-state index >= 15 is 0 Å². The van der Waals surface area contributed by atoms with Crippen LogP contribution in [0, 0.1) is 0 Å². The summed E-state index contributed by atoms with van der Waals surface area (Å²) in [4.78, 5) is 11.2. The lowest BCUT2D eigenvalue weighted by molar-refractivity contribution is -0.147. The number of nitrogens with one attached hydrogen (secondary N) is 1. The van der Waals surface area contributed by atoms with Gasteiger partial charge in [-0.05, 0) is 33.2 Å². The van der Waals surface area contributed by atoms with Gasteiger partial charge in [0.2, 0.25) is 0 Å². The van der Waals surface area contributed by atoms with Gasteiger partial charge in [0.05, 0.1) is 7.11 Å². The van der Waals surface area contributed by atoms with Gasteiger partial charge >= 0.3 is 5.97 Å². The van der Waals surface area contributed by atoms with E-state index in [-0.39, 0.29) is 12.6 Å². The van der Waals surface area contributed by atoms with Crippen LogP contribution in [0.15, 0.2) is 0 Å². The van der Waals surface area contributed by atoms with E-state index in [0.29, 0.717) is 6.54 Å². The maximum atomic E-state index is 11.2. The van der Waals surface area contributed by atoms with Crippen molar-refractivity contribution in [2.75, 3.05) is 20.3 Å². The van der Waals surface area contributed by atoms with Crippen molar-refractivity contribution < 1.29 is 14.6 Å². The molecule has 2 N–H and O–H groups in total. The third kappa shape index (κ3) is 4.85. The smallest absolute Gasteiger partial charge is 0.325 e. The Bertz CT molecular complexity index is 157. The van der Waals surface area contributed by atoms with Gasteiger partial charge in [0.25, 0.3) is 0 Å². The average Bonchev–Trinajstić information content (AvgIpc) is 2.11. The monoisotopic (exact) mass is 189 g/mol. The molecule has 4 heteroatoms. The second kappa shape index (κ2) is 5.94. The van der Waals surface area contributed by atoms with Crippen LogP contribution in [0.2, 0.25) is 0 Å². The van der Waals surface area contributed by atoms with E-state index in [0.717, 1.165) is 12.8 Å². The number of rotatable bonds is 6.